The largest absolute Gasteiger partial charge is 0.385 e. The molecule has 0 aliphatic rings. The molecule has 0 aromatic heterocycles. The fourth-order valence-electron chi connectivity index (χ4n) is 2.46. The number of halogens is 1. The molecular weight excluding hydrogens is 239 g/mol. The normalized spacial score (nSPS) is 14.2. The number of rotatable bonds is 3. The second-order valence-electron chi connectivity index (χ2n) is 5.40. The van der Waals surface area contributed by atoms with E-state index in [-0.39, 0.29) is 5.82 Å². The molecule has 2 heteroatoms. The van der Waals surface area contributed by atoms with Crippen LogP contribution in [0.3, 0.4) is 0 Å². The molecule has 0 fully saturated rings. The highest BCUT2D eigenvalue weighted by Gasteiger charge is 2.25. The first-order valence-electron chi connectivity index (χ1n) is 6.43. The summed E-state index contributed by atoms with van der Waals surface area (Å²) >= 11 is 0. The lowest BCUT2D eigenvalue weighted by Gasteiger charge is -2.26. The van der Waals surface area contributed by atoms with Crippen LogP contribution in [0.25, 0.3) is 0 Å². The topological polar surface area (TPSA) is 20.2 Å². The summed E-state index contributed by atoms with van der Waals surface area (Å²) in [5, 5.41) is 10.7. The molecule has 0 saturated carbocycles. The Balaban J connectivity index is 2.34. The van der Waals surface area contributed by atoms with Crippen molar-refractivity contribution in [3.63, 3.8) is 0 Å². The molecule has 0 saturated heterocycles. The lowest BCUT2D eigenvalue weighted by Crippen LogP contribution is -2.25. The van der Waals surface area contributed by atoms with Gasteiger partial charge in [0.25, 0.3) is 0 Å². The lowest BCUT2D eigenvalue weighted by atomic mass is 9.85. The molecule has 1 unspecified atom stereocenters. The molecule has 0 spiro atoms. The zero-order chi connectivity index (χ0) is 14.0. The first-order valence-corrected chi connectivity index (χ1v) is 6.43. The summed E-state index contributed by atoms with van der Waals surface area (Å²) in [6.07, 6.45) is 0.398. The van der Waals surface area contributed by atoms with Crippen molar-refractivity contribution in [3.8, 4) is 0 Å². The Bertz CT molecular complexity index is 588. The van der Waals surface area contributed by atoms with Crippen LogP contribution in [0, 0.1) is 19.7 Å². The van der Waals surface area contributed by atoms with E-state index in [9.17, 15) is 9.50 Å². The van der Waals surface area contributed by atoms with Crippen LogP contribution in [-0.2, 0) is 12.0 Å². The van der Waals surface area contributed by atoms with Crippen molar-refractivity contribution in [1.29, 1.82) is 0 Å². The third kappa shape index (κ3) is 3.21. The van der Waals surface area contributed by atoms with Gasteiger partial charge in [0.15, 0.2) is 0 Å². The number of benzene rings is 2. The molecule has 19 heavy (non-hydrogen) atoms. The van der Waals surface area contributed by atoms with E-state index >= 15 is 0 Å². The van der Waals surface area contributed by atoms with E-state index in [1.807, 2.05) is 38.1 Å². The summed E-state index contributed by atoms with van der Waals surface area (Å²) in [6, 6.07) is 12.4. The molecule has 0 radical (unpaired) electrons. The number of hydrogen-bond acceptors (Lipinski definition) is 1. The van der Waals surface area contributed by atoms with Crippen LogP contribution in [0.1, 0.15) is 29.2 Å². The van der Waals surface area contributed by atoms with E-state index in [4.69, 9.17) is 0 Å². The van der Waals surface area contributed by atoms with Crippen molar-refractivity contribution in [2.24, 2.45) is 0 Å². The fraction of sp³-hybridized carbons (Fsp3) is 0.294. The molecular formula is C17H19FO. The van der Waals surface area contributed by atoms with Gasteiger partial charge in [-0.2, -0.15) is 0 Å². The smallest absolute Gasteiger partial charge is 0.123 e. The highest BCUT2D eigenvalue weighted by Crippen LogP contribution is 2.29. The SMILES string of the molecule is Cc1ccc(C)c(C(C)(O)Cc2cccc(F)c2)c1. The highest BCUT2D eigenvalue weighted by atomic mass is 19.1. The van der Waals surface area contributed by atoms with Crippen LogP contribution in [-0.4, -0.2) is 5.11 Å². The summed E-state index contributed by atoms with van der Waals surface area (Å²) in [5.41, 5.74) is 2.86. The van der Waals surface area contributed by atoms with Gasteiger partial charge in [-0.3, -0.25) is 0 Å². The minimum absolute atomic E-state index is 0.269. The van der Waals surface area contributed by atoms with Crippen LogP contribution >= 0.6 is 0 Å². The molecule has 0 aliphatic heterocycles. The minimum Gasteiger partial charge on any atom is -0.385 e. The first kappa shape index (κ1) is 13.8. The van der Waals surface area contributed by atoms with Crippen LogP contribution in [0.4, 0.5) is 4.39 Å². The fourth-order valence-corrected chi connectivity index (χ4v) is 2.46. The van der Waals surface area contributed by atoms with Crippen molar-refractivity contribution in [2.75, 3.05) is 0 Å². The van der Waals surface area contributed by atoms with Gasteiger partial charge in [0, 0.05) is 6.42 Å². The van der Waals surface area contributed by atoms with Crippen molar-refractivity contribution in [1.82, 2.24) is 0 Å². The summed E-state index contributed by atoms with van der Waals surface area (Å²) in [5.74, 6) is -0.269. The minimum atomic E-state index is -0.996. The zero-order valence-electron chi connectivity index (χ0n) is 11.6. The van der Waals surface area contributed by atoms with Gasteiger partial charge in [-0.15, -0.1) is 0 Å². The van der Waals surface area contributed by atoms with Crippen LogP contribution in [0.5, 0.6) is 0 Å². The van der Waals surface area contributed by atoms with E-state index < -0.39 is 5.60 Å². The molecule has 2 aromatic rings. The number of aliphatic hydroxyl groups is 1. The molecule has 2 rings (SSSR count). The first-order chi connectivity index (χ1) is 8.88. The van der Waals surface area contributed by atoms with Gasteiger partial charge < -0.3 is 5.11 Å². The molecule has 0 amide bonds. The number of hydrogen-bond donors (Lipinski definition) is 1. The summed E-state index contributed by atoms with van der Waals surface area (Å²) in [7, 11) is 0. The van der Waals surface area contributed by atoms with Gasteiger partial charge in [0.2, 0.25) is 0 Å². The van der Waals surface area contributed by atoms with E-state index in [0.717, 1.165) is 22.3 Å². The molecule has 1 N–H and O–H groups in total. The zero-order valence-corrected chi connectivity index (χ0v) is 11.6. The molecule has 2 aromatic carbocycles. The highest BCUT2D eigenvalue weighted by molar-refractivity contribution is 5.36. The Hall–Kier alpha value is -1.67. The predicted molar refractivity (Wildman–Crippen MR) is 75.6 cm³/mol. The standard InChI is InChI=1S/C17H19FO/c1-12-7-8-13(2)16(9-12)17(3,19)11-14-5-4-6-15(18)10-14/h4-10,19H,11H2,1-3H3. The Labute approximate surface area is 113 Å². The van der Waals surface area contributed by atoms with E-state index in [1.165, 1.54) is 12.1 Å². The van der Waals surface area contributed by atoms with Gasteiger partial charge in [0.05, 0.1) is 5.60 Å². The Morgan fingerprint density at radius 2 is 1.84 bits per heavy atom. The van der Waals surface area contributed by atoms with Gasteiger partial charge in [-0.25, -0.2) is 4.39 Å². The average Bonchev–Trinajstić information content (AvgIpc) is 2.31. The molecule has 0 aliphatic carbocycles. The maximum Gasteiger partial charge on any atom is 0.123 e. The quantitative estimate of drug-likeness (QED) is 0.885. The van der Waals surface area contributed by atoms with E-state index in [0.29, 0.717) is 6.42 Å². The van der Waals surface area contributed by atoms with Gasteiger partial charge in [-0.1, -0.05) is 35.9 Å². The Morgan fingerprint density at radius 3 is 2.53 bits per heavy atom. The predicted octanol–water partition coefficient (Wildman–Crippen LogP) is 3.89. The average molecular weight is 258 g/mol. The van der Waals surface area contributed by atoms with Crippen molar-refractivity contribution in [3.05, 3.63) is 70.5 Å². The summed E-state index contributed by atoms with van der Waals surface area (Å²) < 4.78 is 13.2. The van der Waals surface area contributed by atoms with Crippen LogP contribution < -0.4 is 0 Å². The van der Waals surface area contributed by atoms with Crippen LogP contribution in [0.2, 0.25) is 0 Å². The molecule has 0 bridgehead atoms. The Kier molecular flexibility index (Phi) is 3.72. The van der Waals surface area contributed by atoms with Gasteiger partial charge in [-0.05, 0) is 49.6 Å². The summed E-state index contributed by atoms with van der Waals surface area (Å²) in [6.45, 7) is 5.76. The summed E-state index contributed by atoms with van der Waals surface area (Å²) in [4.78, 5) is 0. The monoisotopic (exact) mass is 258 g/mol. The second-order valence-corrected chi connectivity index (χ2v) is 5.40. The van der Waals surface area contributed by atoms with Gasteiger partial charge in [0.1, 0.15) is 5.82 Å². The molecule has 1 nitrogen and oxygen atoms in total. The van der Waals surface area contributed by atoms with Crippen molar-refractivity contribution >= 4 is 0 Å². The second kappa shape index (κ2) is 5.14. The molecule has 100 valence electrons. The van der Waals surface area contributed by atoms with Crippen molar-refractivity contribution < 1.29 is 9.50 Å². The van der Waals surface area contributed by atoms with E-state index in [2.05, 4.69) is 0 Å². The third-order valence-electron chi connectivity index (χ3n) is 3.41. The maximum atomic E-state index is 13.2. The number of aryl methyl sites for hydroxylation is 2. The lowest BCUT2D eigenvalue weighted by molar-refractivity contribution is 0.0568. The molecule has 1 atom stereocenters. The molecule has 0 heterocycles. The third-order valence-corrected chi connectivity index (χ3v) is 3.41. The Morgan fingerprint density at radius 1 is 1.11 bits per heavy atom. The van der Waals surface area contributed by atoms with Gasteiger partial charge >= 0.3 is 0 Å². The van der Waals surface area contributed by atoms with E-state index in [1.54, 1.807) is 13.0 Å². The maximum absolute atomic E-state index is 13.2. The van der Waals surface area contributed by atoms with Crippen molar-refractivity contribution in [2.45, 2.75) is 32.8 Å². The van der Waals surface area contributed by atoms with Crippen LogP contribution in [0.15, 0.2) is 42.5 Å².